The zero-order valence-corrected chi connectivity index (χ0v) is 10.3. The van der Waals surface area contributed by atoms with Gasteiger partial charge >= 0.3 is 0 Å². The van der Waals surface area contributed by atoms with Crippen LogP contribution < -0.4 is 5.73 Å². The minimum absolute atomic E-state index is 0.134. The summed E-state index contributed by atoms with van der Waals surface area (Å²) in [6.45, 7) is 3.85. The van der Waals surface area contributed by atoms with Gasteiger partial charge in [0.25, 0.3) is 0 Å². The van der Waals surface area contributed by atoms with E-state index in [0.717, 1.165) is 22.8 Å². The molecule has 3 N–H and O–H groups in total. The zero-order chi connectivity index (χ0) is 12.6. The topological polar surface area (TPSA) is 76.8 Å². The summed E-state index contributed by atoms with van der Waals surface area (Å²) in [5.74, 6) is 0.924. The van der Waals surface area contributed by atoms with Crippen LogP contribution in [0.15, 0.2) is 24.5 Å². The van der Waals surface area contributed by atoms with Crippen LogP contribution >= 0.6 is 0 Å². The van der Waals surface area contributed by atoms with Crippen molar-refractivity contribution in [3.63, 3.8) is 0 Å². The maximum Gasteiger partial charge on any atom is 0.119 e. The van der Waals surface area contributed by atoms with Crippen LogP contribution in [0.1, 0.15) is 11.5 Å². The molecule has 18 heavy (non-hydrogen) atoms. The molecule has 2 aromatic rings. The SMILES string of the molecule is Cc1[nH]c(C2(CN)COC2)nc1-c1cccnc1. The molecule has 0 saturated carbocycles. The Kier molecular flexibility index (Phi) is 2.65. The lowest BCUT2D eigenvalue weighted by Crippen LogP contribution is -2.53. The van der Waals surface area contributed by atoms with E-state index in [2.05, 4.69) is 15.0 Å². The highest BCUT2D eigenvalue weighted by Crippen LogP contribution is 2.32. The number of hydrogen-bond acceptors (Lipinski definition) is 4. The molecule has 3 rings (SSSR count). The van der Waals surface area contributed by atoms with Crippen molar-refractivity contribution in [2.24, 2.45) is 5.73 Å². The Bertz CT molecular complexity index is 540. The summed E-state index contributed by atoms with van der Waals surface area (Å²) in [6.07, 6.45) is 3.58. The number of nitrogens with two attached hydrogens (primary N) is 1. The van der Waals surface area contributed by atoms with Crippen molar-refractivity contribution < 1.29 is 4.74 Å². The fraction of sp³-hybridized carbons (Fsp3) is 0.385. The number of nitrogens with one attached hydrogen (secondary N) is 1. The molecule has 0 spiro atoms. The molecule has 2 aromatic heterocycles. The van der Waals surface area contributed by atoms with E-state index in [4.69, 9.17) is 10.5 Å². The van der Waals surface area contributed by atoms with E-state index in [1.807, 2.05) is 25.3 Å². The number of pyridine rings is 1. The van der Waals surface area contributed by atoms with Gasteiger partial charge in [0.2, 0.25) is 0 Å². The molecule has 1 fully saturated rings. The van der Waals surface area contributed by atoms with Gasteiger partial charge in [-0.05, 0) is 19.1 Å². The summed E-state index contributed by atoms with van der Waals surface area (Å²) < 4.78 is 5.29. The Morgan fingerprint density at radius 1 is 1.50 bits per heavy atom. The molecule has 1 saturated heterocycles. The molecule has 0 atom stereocenters. The number of aryl methyl sites for hydroxylation is 1. The highest BCUT2D eigenvalue weighted by atomic mass is 16.5. The van der Waals surface area contributed by atoms with Crippen LogP contribution in [-0.4, -0.2) is 34.7 Å². The number of H-pyrrole nitrogens is 1. The average Bonchev–Trinajstić information content (AvgIpc) is 2.72. The Balaban J connectivity index is 2.01. The molecule has 1 aliphatic heterocycles. The largest absolute Gasteiger partial charge is 0.379 e. The van der Waals surface area contributed by atoms with Gasteiger partial charge in [-0.2, -0.15) is 0 Å². The van der Waals surface area contributed by atoms with Gasteiger partial charge in [0, 0.05) is 30.2 Å². The lowest BCUT2D eigenvalue weighted by atomic mass is 9.85. The van der Waals surface area contributed by atoms with Crippen molar-refractivity contribution in [1.82, 2.24) is 15.0 Å². The highest BCUT2D eigenvalue weighted by Gasteiger charge is 2.42. The minimum atomic E-state index is -0.134. The van der Waals surface area contributed by atoms with Crippen molar-refractivity contribution >= 4 is 0 Å². The first kappa shape index (κ1) is 11.4. The Hall–Kier alpha value is -1.72. The summed E-state index contributed by atoms with van der Waals surface area (Å²) in [5.41, 5.74) is 8.71. The monoisotopic (exact) mass is 244 g/mol. The minimum Gasteiger partial charge on any atom is -0.379 e. The quantitative estimate of drug-likeness (QED) is 0.844. The van der Waals surface area contributed by atoms with E-state index in [9.17, 15) is 0 Å². The number of rotatable bonds is 3. The Morgan fingerprint density at radius 2 is 2.33 bits per heavy atom. The van der Waals surface area contributed by atoms with Crippen LogP contribution in [-0.2, 0) is 10.2 Å². The van der Waals surface area contributed by atoms with Crippen LogP contribution in [0.2, 0.25) is 0 Å². The smallest absolute Gasteiger partial charge is 0.119 e. The molecule has 0 bridgehead atoms. The molecule has 94 valence electrons. The molecular weight excluding hydrogens is 228 g/mol. The second-order valence-corrected chi connectivity index (χ2v) is 4.78. The van der Waals surface area contributed by atoms with Gasteiger partial charge in [-0.1, -0.05) is 0 Å². The Morgan fingerprint density at radius 3 is 2.89 bits per heavy atom. The van der Waals surface area contributed by atoms with E-state index < -0.39 is 0 Å². The van der Waals surface area contributed by atoms with Crippen molar-refractivity contribution in [3.8, 4) is 11.3 Å². The van der Waals surface area contributed by atoms with Gasteiger partial charge in [0.15, 0.2) is 0 Å². The van der Waals surface area contributed by atoms with Crippen LogP contribution in [0.4, 0.5) is 0 Å². The van der Waals surface area contributed by atoms with Crippen molar-refractivity contribution in [2.75, 3.05) is 19.8 Å². The predicted molar refractivity (Wildman–Crippen MR) is 68.1 cm³/mol. The van der Waals surface area contributed by atoms with Gasteiger partial charge in [0.1, 0.15) is 5.82 Å². The van der Waals surface area contributed by atoms with Gasteiger partial charge in [-0.15, -0.1) is 0 Å². The zero-order valence-electron chi connectivity index (χ0n) is 10.3. The van der Waals surface area contributed by atoms with E-state index in [0.29, 0.717) is 19.8 Å². The van der Waals surface area contributed by atoms with Crippen molar-refractivity contribution in [2.45, 2.75) is 12.3 Å². The van der Waals surface area contributed by atoms with E-state index in [1.54, 1.807) is 6.20 Å². The number of imidazole rings is 1. The average molecular weight is 244 g/mol. The van der Waals surface area contributed by atoms with Gasteiger partial charge in [0.05, 0.1) is 24.3 Å². The third-order valence-electron chi connectivity index (χ3n) is 3.47. The van der Waals surface area contributed by atoms with Crippen LogP contribution in [0.25, 0.3) is 11.3 Å². The molecule has 0 radical (unpaired) electrons. The van der Waals surface area contributed by atoms with Crippen molar-refractivity contribution in [1.29, 1.82) is 0 Å². The fourth-order valence-electron chi connectivity index (χ4n) is 2.20. The Labute approximate surface area is 105 Å². The highest BCUT2D eigenvalue weighted by molar-refractivity contribution is 5.60. The first-order chi connectivity index (χ1) is 8.75. The fourth-order valence-corrected chi connectivity index (χ4v) is 2.20. The molecule has 0 aromatic carbocycles. The van der Waals surface area contributed by atoms with Gasteiger partial charge < -0.3 is 15.5 Å². The standard InChI is InChI=1S/C13H16N4O/c1-9-11(10-3-2-4-15-5-10)17-12(16-9)13(6-14)7-18-8-13/h2-5H,6-8,14H2,1H3,(H,16,17). The van der Waals surface area contributed by atoms with Crippen molar-refractivity contribution in [3.05, 3.63) is 36.0 Å². The van der Waals surface area contributed by atoms with Crippen LogP contribution in [0.3, 0.4) is 0 Å². The molecule has 5 nitrogen and oxygen atoms in total. The maximum atomic E-state index is 5.85. The second kappa shape index (κ2) is 4.19. The molecule has 0 aliphatic carbocycles. The molecular formula is C13H16N4O. The van der Waals surface area contributed by atoms with Crippen LogP contribution in [0, 0.1) is 6.92 Å². The normalized spacial score (nSPS) is 17.4. The second-order valence-electron chi connectivity index (χ2n) is 4.78. The number of aromatic amines is 1. The lowest BCUT2D eigenvalue weighted by molar-refractivity contribution is -0.0590. The summed E-state index contributed by atoms with van der Waals surface area (Å²) in [7, 11) is 0. The summed E-state index contributed by atoms with van der Waals surface area (Å²) in [5, 5.41) is 0. The van der Waals surface area contributed by atoms with Crippen LogP contribution in [0.5, 0.6) is 0 Å². The summed E-state index contributed by atoms with van der Waals surface area (Å²) >= 11 is 0. The first-order valence-electron chi connectivity index (χ1n) is 6.00. The molecule has 3 heterocycles. The predicted octanol–water partition coefficient (Wildman–Crippen LogP) is 1.01. The molecule has 5 heteroatoms. The molecule has 1 aliphatic rings. The third kappa shape index (κ3) is 1.63. The summed E-state index contributed by atoms with van der Waals surface area (Å²) in [4.78, 5) is 12.2. The first-order valence-corrected chi connectivity index (χ1v) is 6.00. The third-order valence-corrected chi connectivity index (χ3v) is 3.47. The molecule has 0 unspecified atom stereocenters. The number of nitrogens with zero attached hydrogens (tertiary/aromatic N) is 2. The van der Waals surface area contributed by atoms with E-state index in [-0.39, 0.29) is 5.41 Å². The maximum absolute atomic E-state index is 5.85. The van der Waals surface area contributed by atoms with Gasteiger partial charge in [-0.25, -0.2) is 4.98 Å². The number of hydrogen-bond donors (Lipinski definition) is 2. The lowest BCUT2D eigenvalue weighted by Gasteiger charge is -2.38. The van der Waals surface area contributed by atoms with Gasteiger partial charge in [-0.3, -0.25) is 4.98 Å². The number of aromatic nitrogens is 3. The summed E-state index contributed by atoms with van der Waals surface area (Å²) in [6, 6.07) is 3.92. The van der Waals surface area contributed by atoms with E-state index in [1.165, 1.54) is 0 Å². The van der Waals surface area contributed by atoms with E-state index >= 15 is 0 Å². The molecule has 0 amide bonds. The number of ether oxygens (including phenoxy) is 1.